The lowest BCUT2D eigenvalue weighted by Crippen LogP contribution is -2.38. The fourth-order valence-electron chi connectivity index (χ4n) is 4.00. The molecule has 1 amide bonds. The molecule has 232 valence electrons. The van der Waals surface area contributed by atoms with Crippen molar-refractivity contribution in [1.82, 2.24) is 4.90 Å². The summed E-state index contributed by atoms with van der Waals surface area (Å²) in [5.74, 6) is -1.59. The van der Waals surface area contributed by atoms with Crippen molar-refractivity contribution in [3.63, 3.8) is 0 Å². The second-order valence-electron chi connectivity index (χ2n) is 9.36. The highest BCUT2D eigenvalue weighted by atomic mass is 19.4. The number of hydrogen-bond acceptors (Lipinski definition) is 6. The highest BCUT2D eigenvalue weighted by molar-refractivity contribution is 5.72. The van der Waals surface area contributed by atoms with Crippen molar-refractivity contribution in [3.05, 3.63) is 95.3 Å². The molecule has 1 N–H and O–H groups in total. The van der Waals surface area contributed by atoms with Crippen LogP contribution in [-0.2, 0) is 33.5 Å². The number of alkyl halides is 3. The molecule has 1 atom stereocenters. The van der Waals surface area contributed by atoms with Gasteiger partial charge in [-0.05, 0) is 60.9 Å². The quantitative estimate of drug-likeness (QED) is 0.150. The zero-order valence-corrected chi connectivity index (χ0v) is 23.5. The van der Waals surface area contributed by atoms with Gasteiger partial charge in [0.05, 0.1) is 18.7 Å². The number of carboxylic acid groups (broad SMARTS) is 1. The van der Waals surface area contributed by atoms with Crippen molar-refractivity contribution in [2.45, 2.75) is 38.7 Å². The topological polar surface area (TPSA) is 94.5 Å². The Bertz CT molecular complexity index is 1300. The highest BCUT2D eigenvalue weighted by Gasteiger charge is 2.35. The summed E-state index contributed by atoms with van der Waals surface area (Å²) in [5.41, 5.74) is 0.413. The molecule has 0 radical (unpaired) electrons. The van der Waals surface area contributed by atoms with Gasteiger partial charge in [-0.2, -0.15) is 13.2 Å². The number of carbonyl (C=O) groups is 2. The largest absolute Gasteiger partial charge is 0.492 e. The van der Waals surface area contributed by atoms with E-state index in [1.165, 1.54) is 29.2 Å². The van der Waals surface area contributed by atoms with E-state index in [4.69, 9.17) is 18.9 Å². The number of amides is 1. The Kier molecular flexibility index (Phi) is 12.8. The van der Waals surface area contributed by atoms with Gasteiger partial charge in [-0.15, -0.1) is 0 Å². The van der Waals surface area contributed by atoms with Crippen LogP contribution >= 0.6 is 0 Å². The molecule has 0 heterocycles. The fraction of sp³-hybridized carbons (Fsp3) is 0.355. The molecule has 0 fully saturated rings. The summed E-state index contributed by atoms with van der Waals surface area (Å²) < 4.78 is 75.0. The van der Waals surface area contributed by atoms with Crippen molar-refractivity contribution in [2.75, 3.05) is 32.9 Å². The van der Waals surface area contributed by atoms with Crippen LogP contribution in [0.15, 0.2) is 72.8 Å². The van der Waals surface area contributed by atoms with Crippen LogP contribution < -0.4 is 9.47 Å². The van der Waals surface area contributed by atoms with Gasteiger partial charge in [-0.1, -0.05) is 36.4 Å². The van der Waals surface area contributed by atoms with Crippen LogP contribution in [0.25, 0.3) is 0 Å². The zero-order valence-electron chi connectivity index (χ0n) is 23.5. The summed E-state index contributed by atoms with van der Waals surface area (Å²) in [5, 5.41) is 9.27. The Balaban J connectivity index is 1.58. The molecule has 0 saturated heterocycles. The normalized spacial score (nSPS) is 12.0. The van der Waals surface area contributed by atoms with E-state index in [-0.39, 0.29) is 51.8 Å². The summed E-state index contributed by atoms with van der Waals surface area (Å²) in [6.07, 6.45) is -6.15. The van der Waals surface area contributed by atoms with Crippen LogP contribution in [0.3, 0.4) is 0 Å². The van der Waals surface area contributed by atoms with Crippen molar-refractivity contribution < 1.29 is 51.2 Å². The summed E-state index contributed by atoms with van der Waals surface area (Å²) in [6.45, 7) is 2.52. The highest BCUT2D eigenvalue weighted by Crippen LogP contribution is 2.36. The van der Waals surface area contributed by atoms with Gasteiger partial charge >= 0.3 is 18.2 Å². The van der Waals surface area contributed by atoms with E-state index in [0.29, 0.717) is 12.2 Å². The summed E-state index contributed by atoms with van der Waals surface area (Å²) in [7, 11) is 0. The summed E-state index contributed by atoms with van der Waals surface area (Å²) >= 11 is 0. The number of para-hydroxylation sites is 1. The van der Waals surface area contributed by atoms with Gasteiger partial charge in [0, 0.05) is 26.2 Å². The second kappa shape index (κ2) is 16.5. The third kappa shape index (κ3) is 11.2. The predicted octanol–water partition coefficient (Wildman–Crippen LogP) is 6.36. The molecule has 0 bridgehead atoms. The van der Waals surface area contributed by atoms with Gasteiger partial charge in [-0.25, -0.2) is 14.0 Å². The lowest BCUT2D eigenvalue weighted by molar-refractivity contribution is -0.150. The number of nitrogens with zero attached hydrogens (tertiary/aromatic N) is 1. The van der Waals surface area contributed by atoms with Gasteiger partial charge in [0.1, 0.15) is 23.9 Å². The molecule has 0 saturated carbocycles. The SMILES string of the molecule is CCOC(Cc1ccc(OCCN(CCCOCc2ccc(F)cc2)C(=O)Oc2ccccc2C(F)(F)F)cc1)C(=O)O. The average Bonchev–Trinajstić information content (AvgIpc) is 2.97. The van der Waals surface area contributed by atoms with Crippen LogP contribution in [0, 0.1) is 5.82 Å². The number of ether oxygens (including phenoxy) is 4. The minimum absolute atomic E-state index is 0.00183. The molecular weight excluding hydrogens is 574 g/mol. The van der Waals surface area contributed by atoms with Crippen molar-refractivity contribution in [2.24, 2.45) is 0 Å². The van der Waals surface area contributed by atoms with Crippen LogP contribution in [0.5, 0.6) is 11.5 Å². The molecule has 12 heteroatoms. The molecule has 3 aromatic carbocycles. The Morgan fingerprint density at radius 1 is 0.907 bits per heavy atom. The molecule has 3 rings (SSSR count). The van der Waals surface area contributed by atoms with Crippen molar-refractivity contribution >= 4 is 12.1 Å². The number of hydrogen-bond donors (Lipinski definition) is 1. The van der Waals surface area contributed by atoms with Crippen LogP contribution in [0.2, 0.25) is 0 Å². The maximum atomic E-state index is 13.4. The van der Waals surface area contributed by atoms with E-state index in [0.717, 1.165) is 23.3 Å². The number of benzene rings is 3. The number of halogens is 4. The van der Waals surface area contributed by atoms with E-state index in [2.05, 4.69) is 0 Å². The van der Waals surface area contributed by atoms with Gasteiger partial charge in [-0.3, -0.25) is 0 Å². The van der Waals surface area contributed by atoms with Gasteiger partial charge < -0.3 is 29.0 Å². The Labute approximate surface area is 246 Å². The molecule has 0 aliphatic heterocycles. The van der Waals surface area contributed by atoms with E-state index in [1.807, 2.05) is 0 Å². The molecule has 1 unspecified atom stereocenters. The first-order valence-corrected chi connectivity index (χ1v) is 13.6. The van der Waals surface area contributed by atoms with Crippen LogP contribution in [-0.4, -0.2) is 61.1 Å². The predicted molar refractivity (Wildman–Crippen MR) is 148 cm³/mol. The van der Waals surface area contributed by atoms with E-state index >= 15 is 0 Å². The molecule has 43 heavy (non-hydrogen) atoms. The minimum Gasteiger partial charge on any atom is -0.492 e. The lowest BCUT2D eigenvalue weighted by Gasteiger charge is -2.23. The number of carbonyl (C=O) groups excluding carboxylic acids is 1. The number of aliphatic carboxylic acids is 1. The number of rotatable bonds is 16. The molecule has 8 nitrogen and oxygen atoms in total. The molecule has 0 aliphatic carbocycles. The average molecular weight is 608 g/mol. The van der Waals surface area contributed by atoms with E-state index in [9.17, 15) is 32.3 Å². The third-order valence-electron chi connectivity index (χ3n) is 6.16. The van der Waals surface area contributed by atoms with Crippen molar-refractivity contribution in [3.8, 4) is 11.5 Å². The smallest absolute Gasteiger partial charge is 0.419 e. The number of carboxylic acids is 1. The van der Waals surface area contributed by atoms with Crippen molar-refractivity contribution in [1.29, 1.82) is 0 Å². The summed E-state index contributed by atoms with van der Waals surface area (Å²) in [6, 6.07) is 16.9. The maximum Gasteiger partial charge on any atom is 0.419 e. The molecule has 3 aromatic rings. The Morgan fingerprint density at radius 3 is 2.23 bits per heavy atom. The molecule has 0 aliphatic rings. The second-order valence-corrected chi connectivity index (χ2v) is 9.36. The van der Waals surface area contributed by atoms with E-state index in [1.54, 1.807) is 43.3 Å². The molecule has 0 aromatic heterocycles. The lowest BCUT2D eigenvalue weighted by atomic mass is 10.1. The Morgan fingerprint density at radius 2 is 1.58 bits per heavy atom. The zero-order chi connectivity index (χ0) is 31.2. The van der Waals surface area contributed by atoms with E-state index < -0.39 is 35.7 Å². The Hall–Kier alpha value is -4.16. The van der Waals surface area contributed by atoms with Gasteiger partial charge in [0.15, 0.2) is 6.10 Å². The molecule has 0 spiro atoms. The molecular formula is C31H33F4NO7. The first-order chi connectivity index (χ1) is 20.6. The third-order valence-corrected chi connectivity index (χ3v) is 6.16. The van der Waals surface area contributed by atoms with Crippen LogP contribution in [0.4, 0.5) is 22.4 Å². The first-order valence-electron chi connectivity index (χ1n) is 13.6. The first kappa shape index (κ1) is 33.3. The summed E-state index contributed by atoms with van der Waals surface area (Å²) in [4.78, 5) is 25.5. The standard InChI is InChI=1S/C31H33F4NO7/c1-2-41-28(29(37)38)20-22-10-14-25(15-11-22)42-19-17-36(16-5-18-40-21-23-8-12-24(32)13-9-23)30(39)43-27-7-4-3-6-26(27)31(33,34)35/h3-4,6-15,28H,2,5,16-21H2,1H3,(H,37,38). The van der Waals surface area contributed by atoms with Gasteiger partial charge in [0.25, 0.3) is 0 Å². The monoisotopic (exact) mass is 607 g/mol. The fourth-order valence-corrected chi connectivity index (χ4v) is 4.00. The maximum absolute atomic E-state index is 13.4. The minimum atomic E-state index is -4.71. The van der Waals surface area contributed by atoms with Gasteiger partial charge in [0.2, 0.25) is 0 Å². The van der Waals surface area contributed by atoms with Crippen LogP contribution in [0.1, 0.15) is 30.0 Å².